The Morgan fingerprint density at radius 1 is 1.10 bits per heavy atom. The average molecular weight is 285 g/mol. The van der Waals surface area contributed by atoms with Crippen molar-refractivity contribution in [1.29, 1.82) is 0 Å². The summed E-state index contributed by atoms with van der Waals surface area (Å²) >= 11 is 0. The highest BCUT2D eigenvalue weighted by Crippen LogP contribution is 2.24. The Hall–Kier alpha value is -1.16. The van der Waals surface area contributed by atoms with Crippen molar-refractivity contribution < 1.29 is 13.5 Å². The van der Waals surface area contributed by atoms with Crippen molar-refractivity contribution in [3.8, 4) is 5.75 Å². The maximum atomic E-state index is 13.9. The van der Waals surface area contributed by atoms with Crippen LogP contribution in [0.15, 0.2) is 12.1 Å². The Balaban J connectivity index is 2.73. The number of benzene rings is 1. The van der Waals surface area contributed by atoms with E-state index in [2.05, 4.69) is 5.32 Å². The van der Waals surface area contributed by atoms with Crippen LogP contribution in [-0.4, -0.2) is 12.6 Å². The summed E-state index contributed by atoms with van der Waals surface area (Å²) in [5.74, 6) is -1.19. The summed E-state index contributed by atoms with van der Waals surface area (Å²) in [6, 6.07) is 2.94. The number of hydrogen-bond donors (Lipinski definition) is 1. The van der Waals surface area contributed by atoms with Crippen LogP contribution in [0.3, 0.4) is 0 Å². The SMILES string of the molecule is CCC(CC)COc1c(F)cc(CNC(C)C)cc1F. The predicted octanol–water partition coefficient (Wildman–Crippen LogP) is 4.28. The number of rotatable bonds is 8. The first-order valence-electron chi connectivity index (χ1n) is 7.31. The zero-order valence-corrected chi connectivity index (χ0v) is 12.8. The predicted molar refractivity (Wildman–Crippen MR) is 77.9 cm³/mol. The molecule has 0 radical (unpaired) electrons. The lowest BCUT2D eigenvalue weighted by molar-refractivity contribution is 0.221. The molecule has 0 aliphatic carbocycles. The highest BCUT2D eigenvalue weighted by atomic mass is 19.1. The zero-order valence-electron chi connectivity index (χ0n) is 12.8. The van der Waals surface area contributed by atoms with E-state index in [0.29, 0.717) is 24.6 Å². The van der Waals surface area contributed by atoms with Gasteiger partial charge in [-0.25, -0.2) is 8.78 Å². The Morgan fingerprint density at radius 2 is 1.65 bits per heavy atom. The van der Waals surface area contributed by atoms with E-state index >= 15 is 0 Å². The molecule has 1 aromatic carbocycles. The molecule has 1 N–H and O–H groups in total. The lowest BCUT2D eigenvalue weighted by Crippen LogP contribution is -2.22. The van der Waals surface area contributed by atoms with Crippen LogP contribution in [0.5, 0.6) is 5.75 Å². The molecule has 20 heavy (non-hydrogen) atoms. The number of hydrogen-bond acceptors (Lipinski definition) is 2. The van der Waals surface area contributed by atoms with Crippen LogP contribution in [0.25, 0.3) is 0 Å². The molecule has 0 amide bonds. The molecule has 0 fully saturated rings. The lowest BCUT2D eigenvalue weighted by Gasteiger charge is -2.15. The second kappa shape index (κ2) is 8.20. The largest absolute Gasteiger partial charge is 0.487 e. The summed E-state index contributed by atoms with van der Waals surface area (Å²) in [7, 11) is 0. The minimum Gasteiger partial charge on any atom is -0.487 e. The first-order chi connectivity index (χ1) is 9.47. The highest BCUT2D eigenvalue weighted by Gasteiger charge is 2.14. The van der Waals surface area contributed by atoms with Crippen molar-refractivity contribution in [2.45, 2.75) is 53.1 Å². The van der Waals surface area contributed by atoms with Gasteiger partial charge in [0.25, 0.3) is 0 Å². The molecule has 0 aromatic heterocycles. The van der Waals surface area contributed by atoms with Gasteiger partial charge >= 0.3 is 0 Å². The molecule has 2 nitrogen and oxygen atoms in total. The molecular formula is C16H25F2NO. The average Bonchev–Trinajstić information content (AvgIpc) is 2.40. The lowest BCUT2D eigenvalue weighted by atomic mass is 10.1. The minimum absolute atomic E-state index is 0.259. The Kier molecular flexibility index (Phi) is 6.93. The fourth-order valence-electron chi connectivity index (χ4n) is 1.90. The van der Waals surface area contributed by atoms with E-state index in [0.717, 1.165) is 12.8 Å². The van der Waals surface area contributed by atoms with E-state index in [9.17, 15) is 8.78 Å². The van der Waals surface area contributed by atoms with E-state index in [1.807, 2.05) is 27.7 Å². The summed E-state index contributed by atoms with van der Waals surface area (Å²) < 4.78 is 33.1. The van der Waals surface area contributed by atoms with Gasteiger partial charge in [-0.3, -0.25) is 0 Å². The van der Waals surface area contributed by atoms with Crippen LogP contribution in [0, 0.1) is 17.6 Å². The fraction of sp³-hybridized carbons (Fsp3) is 0.625. The summed E-state index contributed by atoms with van der Waals surface area (Å²) in [4.78, 5) is 0. The molecule has 0 atom stereocenters. The number of halogens is 2. The van der Waals surface area contributed by atoms with Gasteiger partial charge < -0.3 is 10.1 Å². The van der Waals surface area contributed by atoms with Gasteiger partial charge in [0.05, 0.1) is 6.61 Å². The summed E-state index contributed by atoms with van der Waals surface area (Å²) in [6.07, 6.45) is 1.88. The van der Waals surface area contributed by atoms with E-state index in [1.54, 1.807) is 0 Å². The van der Waals surface area contributed by atoms with Crippen molar-refractivity contribution in [2.75, 3.05) is 6.61 Å². The standard InChI is InChI=1S/C16H25F2NO/c1-5-12(6-2)10-20-16-14(17)7-13(8-15(16)18)9-19-11(3)4/h7-8,11-12,19H,5-6,9-10H2,1-4H3. The summed E-state index contributed by atoms with van der Waals surface area (Å²) in [5.41, 5.74) is 0.587. The first kappa shape index (κ1) is 16.9. The smallest absolute Gasteiger partial charge is 0.190 e. The minimum atomic E-state index is -0.628. The molecular weight excluding hydrogens is 260 g/mol. The van der Waals surface area contributed by atoms with Crippen LogP contribution >= 0.6 is 0 Å². The number of nitrogens with one attached hydrogen (secondary N) is 1. The molecule has 4 heteroatoms. The van der Waals surface area contributed by atoms with Gasteiger partial charge in [-0.2, -0.15) is 0 Å². The maximum absolute atomic E-state index is 13.9. The van der Waals surface area contributed by atoms with Crippen molar-refractivity contribution in [1.82, 2.24) is 5.32 Å². The monoisotopic (exact) mass is 285 g/mol. The fourth-order valence-corrected chi connectivity index (χ4v) is 1.90. The third-order valence-electron chi connectivity index (χ3n) is 3.39. The number of ether oxygens (including phenoxy) is 1. The normalized spacial score (nSPS) is 11.4. The van der Waals surface area contributed by atoms with Gasteiger partial charge in [0.2, 0.25) is 0 Å². The van der Waals surface area contributed by atoms with Gasteiger partial charge in [-0.05, 0) is 23.6 Å². The summed E-state index contributed by atoms with van der Waals surface area (Å²) in [5, 5.41) is 3.13. The highest BCUT2D eigenvalue weighted by molar-refractivity contribution is 5.31. The van der Waals surface area contributed by atoms with Crippen LogP contribution in [0.1, 0.15) is 46.1 Å². The molecule has 0 spiro atoms. The Bertz CT molecular complexity index is 394. The van der Waals surface area contributed by atoms with Crippen molar-refractivity contribution in [2.24, 2.45) is 5.92 Å². The van der Waals surface area contributed by atoms with Crippen LogP contribution in [0.4, 0.5) is 8.78 Å². The van der Waals surface area contributed by atoms with Gasteiger partial charge in [0.1, 0.15) is 0 Å². The van der Waals surface area contributed by atoms with Gasteiger partial charge in [-0.15, -0.1) is 0 Å². The topological polar surface area (TPSA) is 21.3 Å². The molecule has 1 aromatic rings. The molecule has 114 valence electrons. The second-order valence-electron chi connectivity index (χ2n) is 5.42. The zero-order chi connectivity index (χ0) is 15.1. The Morgan fingerprint density at radius 3 is 2.10 bits per heavy atom. The van der Waals surface area contributed by atoms with E-state index in [1.165, 1.54) is 12.1 Å². The van der Waals surface area contributed by atoms with Gasteiger partial charge in [0, 0.05) is 12.6 Å². The first-order valence-corrected chi connectivity index (χ1v) is 7.31. The molecule has 0 heterocycles. The van der Waals surface area contributed by atoms with E-state index in [-0.39, 0.29) is 11.8 Å². The molecule has 0 saturated heterocycles. The maximum Gasteiger partial charge on any atom is 0.190 e. The molecule has 0 aliphatic heterocycles. The second-order valence-corrected chi connectivity index (χ2v) is 5.42. The third kappa shape index (κ3) is 5.08. The third-order valence-corrected chi connectivity index (χ3v) is 3.39. The molecule has 0 bridgehead atoms. The van der Waals surface area contributed by atoms with Crippen molar-refractivity contribution in [3.05, 3.63) is 29.3 Å². The molecule has 0 saturated carbocycles. The van der Waals surface area contributed by atoms with E-state index < -0.39 is 11.6 Å². The van der Waals surface area contributed by atoms with Gasteiger partial charge in [-0.1, -0.05) is 40.5 Å². The quantitative estimate of drug-likeness (QED) is 0.770. The van der Waals surface area contributed by atoms with Crippen LogP contribution in [0.2, 0.25) is 0 Å². The summed E-state index contributed by atoms with van der Waals surface area (Å²) in [6.45, 7) is 8.86. The molecule has 0 unspecified atom stereocenters. The van der Waals surface area contributed by atoms with Crippen molar-refractivity contribution in [3.63, 3.8) is 0 Å². The van der Waals surface area contributed by atoms with Crippen LogP contribution in [-0.2, 0) is 6.54 Å². The van der Waals surface area contributed by atoms with Gasteiger partial charge in [0.15, 0.2) is 17.4 Å². The van der Waals surface area contributed by atoms with Crippen molar-refractivity contribution >= 4 is 0 Å². The Labute approximate surface area is 120 Å². The van der Waals surface area contributed by atoms with Crippen LogP contribution < -0.4 is 10.1 Å². The molecule has 0 aliphatic rings. The molecule has 1 rings (SSSR count). The van der Waals surface area contributed by atoms with E-state index in [4.69, 9.17) is 4.74 Å².